The third kappa shape index (κ3) is 3.83. The number of rotatable bonds is 7. The van der Waals surface area contributed by atoms with Crippen molar-refractivity contribution in [3.8, 4) is 23.0 Å². The van der Waals surface area contributed by atoms with E-state index >= 15 is 0 Å². The molecule has 0 saturated heterocycles. The molecule has 28 heavy (non-hydrogen) atoms. The number of carbonyl (C=O) groups excluding carboxylic acids is 1. The van der Waals surface area contributed by atoms with Crippen molar-refractivity contribution in [2.75, 3.05) is 13.7 Å². The Morgan fingerprint density at radius 2 is 1.82 bits per heavy atom. The number of methoxy groups -OCH3 is 1. The largest absolute Gasteiger partial charge is 0.493 e. The number of hydrogen-bond acceptors (Lipinski definition) is 6. The molecule has 0 aliphatic heterocycles. The summed E-state index contributed by atoms with van der Waals surface area (Å²) in [6.45, 7) is 0.0898. The van der Waals surface area contributed by atoms with Gasteiger partial charge in [0.1, 0.15) is 11.3 Å². The Labute approximate surface area is 160 Å². The SMILES string of the molecule is COc1ccccc1OCC(=O)NCc1cc(-c2cc3ccccc3o2)on1. The first kappa shape index (κ1) is 17.7. The Hall–Kier alpha value is -3.74. The Bertz CT molecular complexity index is 1070. The fourth-order valence-corrected chi connectivity index (χ4v) is 2.74. The summed E-state index contributed by atoms with van der Waals surface area (Å²) in [6.07, 6.45) is 0. The predicted octanol–water partition coefficient (Wildman–Crippen LogP) is 3.79. The quantitative estimate of drug-likeness (QED) is 0.526. The second-order valence-corrected chi connectivity index (χ2v) is 6.05. The number of fused-ring (bicyclic) bond motifs is 1. The summed E-state index contributed by atoms with van der Waals surface area (Å²) in [5.41, 5.74) is 1.36. The van der Waals surface area contributed by atoms with Crippen molar-refractivity contribution in [1.29, 1.82) is 0 Å². The van der Waals surface area contributed by atoms with Gasteiger partial charge in [-0.05, 0) is 24.3 Å². The maximum absolute atomic E-state index is 12.0. The molecule has 7 nitrogen and oxygen atoms in total. The molecule has 2 aromatic carbocycles. The number of aromatic nitrogens is 1. The van der Waals surface area contributed by atoms with Crippen LogP contribution in [0.4, 0.5) is 0 Å². The minimum atomic E-state index is -0.279. The van der Waals surface area contributed by atoms with Gasteiger partial charge in [-0.25, -0.2) is 0 Å². The molecular formula is C21H18N2O5. The molecule has 2 aromatic heterocycles. The van der Waals surface area contributed by atoms with Crippen LogP contribution in [0.3, 0.4) is 0 Å². The minimum absolute atomic E-state index is 0.130. The highest BCUT2D eigenvalue weighted by molar-refractivity contribution is 5.81. The Kier molecular flexibility index (Phi) is 4.97. The van der Waals surface area contributed by atoms with Gasteiger partial charge in [-0.3, -0.25) is 4.79 Å². The zero-order valence-electron chi connectivity index (χ0n) is 15.2. The number of benzene rings is 2. The number of furan rings is 1. The van der Waals surface area contributed by atoms with Gasteiger partial charge in [0.05, 0.1) is 13.7 Å². The molecule has 0 atom stereocenters. The fourth-order valence-electron chi connectivity index (χ4n) is 2.74. The number of nitrogens with zero attached hydrogens (tertiary/aromatic N) is 1. The van der Waals surface area contributed by atoms with Crippen molar-refractivity contribution in [1.82, 2.24) is 10.5 Å². The first-order valence-corrected chi connectivity index (χ1v) is 8.70. The van der Waals surface area contributed by atoms with E-state index in [4.69, 9.17) is 18.4 Å². The zero-order valence-corrected chi connectivity index (χ0v) is 15.2. The van der Waals surface area contributed by atoms with E-state index in [1.807, 2.05) is 42.5 Å². The van der Waals surface area contributed by atoms with Gasteiger partial charge >= 0.3 is 0 Å². The smallest absolute Gasteiger partial charge is 0.258 e. The summed E-state index contributed by atoms with van der Waals surface area (Å²) in [7, 11) is 1.55. The van der Waals surface area contributed by atoms with Crippen molar-refractivity contribution in [3.63, 3.8) is 0 Å². The van der Waals surface area contributed by atoms with Crippen LogP contribution in [0.25, 0.3) is 22.5 Å². The van der Waals surface area contributed by atoms with Crippen LogP contribution in [0, 0.1) is 0 Å². The van der Waals surface area contributed by atoms with E-state index in [1.54, 1.807) is 25.3 Å². The number of para-hydroxylation sites is 3. The minimum Gasteiger partial charge on any atom is -0.493 e. The van der Waals surface area contributed by atoms with E-state index in [2.05, 4.69) is 10.5 Å². The number of nitrogens with one attached hydrogen (secondary N) is 1. The molecule has 4 aromatic rings. The van der Waals surface area contributed by atoms with Crippen LogP contribution in [-0.4, -0.2) is 24.8 Å². The van der Waals surface area contributed by atoms with Crippen LogP contribution < -0.4 is 14.8 Å². The van der Waals surface area contributed by atoms with E-state index in [0.29, 0.717) is 28.7 Å². The molecule has 1 amide bonds. The summed E-state index contributed by atoms with van der Waals surface area (Å²) >= 11 is 0. The van der Waals surface area contributed by atoms with Crippen molar-refractivity contribution in [3.05, 3.63) is 66.4 Å². The normalized spacial score (nSPS) is 10.8. The monoisotopic (exact) mass is 378 g/mol. The maximum Gasteiger partial charge on any atom is 0.258 e. The first-order chi connectivity index (χ1) is 13.7. The van der Waals surface area contributed by atoms with Crippen molar-refractivity contribution < 1.29 is 23.2 Å². The van der Waals surface area contributed by atoms with Gasteiger partial charge in [-0.15, -0.1) is 0 Å². The number of hydrogen-bond donors (Lipinski definition) is 1. The molecule has 0 saturated carbocycles. The molecule has 0 aliphatic carbocycles. The molecule has 0 spiro atoms. The third-order valence-electron chi connectivity index (χ3n) is 4.12. The van der Waals surface area contributed by atoms with E-state index < -0.39 is 0 Å². The van der Waals surface area contributed by atoms with Crippen molar-refractivity contribution in [2.24, 2.45) is 0 Å². The van der Waals surface area contributed by atoms with Gasteiger partial charge < -0.3 is 23.7 Å². The number of carbonyl (C=O) groups is 1. The summed E-state index contributed by atoms with van der Waals surface area (Å²) < 4.78 is 21.8. The topological polar surface area (TPSA) is 86.7 Å². The van der Waals surface area contributed by atoms with Crippen LogP contribution in [0.1, 0.15) is 5.69 Å². The molecular weight excluding hydrogens is 360 g/mol. The predicted molar refractivity (Wildman–Crippen MR) is 102 cm³/mol. The highest BCUT2D eigenvalue weighted by atomic mass is 16.5. The molecule has 142 valence electrons. The van der Waals surface area contributed by atoms with Gasteiger partial charge in [-0.2, -0.15) is 0 Å². The summed E-state index contributed by atoms with van der Waals surface area (Å²) in [6, 6.07) is 18.5. The average molecular weight is 378 g/mol. The lowest BCUT2D eigenvalue weighted by Gasteiger charge is -2.09. The molecule has 1 N–H and O–H groups in total. The lowest BCUT2D eigenvalue weighted by atomic mass is 10.2. The second kappa shape index (κ2) is 7.87. The van der Waals surface area contributed by atoms with Crippen LogP contribution in [-0.2, 0) is 11.3 Å². The first-order valence-electron chi connectivity index (χ1n) is 8.70. The van der Waals surface area contributed by atoms with Gasteiger partial charge in [-0.1, -0.05) is 35.5 Å². The van der Waals surface area contributed by atoms with Crippen LogP contribution >= 0.6 is 0 Å². The van der Waals surface area contributed by atoms with Gasteiger partial charge in [0.15, 0.2) is 23.9 Å². The number of amides is 1. The third-order valence-corrected chi connectivity index (χ3v) is 4.12. The zero-order chi connectivity index (χ0) is 19.3. The van der Waals surface area contributed by atoms with E-state index in [-0.39, 0.29) is 19.1 Å². The summed E-state index contributed by atoms with van der Waals surface area (Å²) in [5, 5.41) is 7.69. The highest BCUT2D eigenvalue weighted by Crippen LogP contribution is 2.28. The standard InChI is InChI=1S/C21H18N2O5/c1-25-17-8-4-5-9-18(17)26-13-21(24)22-12-15-11-20(28-23-15)19-10-14-6-2-3-7-16(14)27-19/h2-11H,12-13H2,1H3,(H,22,24). The lowest BCUT2D eigenvalue weighted by molar-refractivity contribution is -0.123. The highest BCUT2D eigenvalue weighted by Gasteiger charge is 2.13. The molecule has 0 unspecified atom stereocenters. The molecule has 0 radical (unpaired) electrons. The van der Waals surface area contributed by atoms with Crippen LogP contribution in [0.2, 0.25) is 0 Å². The van der Waals surface area contributed by atoms with Gasteiger partial charge in [0, 0.05) is 11.5 Å². The maximum atomic E-state index is 12.0. The van der Waals surface area contributed by atoms with Crippen LogP contribution in [0.15, 0.2) is 69.6 Å². The molecule has 0 aliphatic rings. The summed E-state index contributed by atoms with van der Waals surface area (Å²) in [5.74, 6) is 1.90. The Balaban J connectivity index is 1.33. The Morgan fingerprint density at radius 3 is 2.64 bits per heavy atom. The molecule has 0 bridgehead atoms. The van der Waals surface area contributed by atoms with E-state index in [9.17, 15) is 4.79 Å². The van der Waals surface area contributed by atoms with Crippen LogP contribution in [0.5, 0.6) is 11.5 Å². The van der Waals surface area contributed by atoms with E-state index in [0.717, 1.165) is 11.0 Å². The molecule has 4 rings (SSSR count). The summed E-state index contributed by atoms with van der Waals surface area (Å²) in [4.78, 5) is 12.0. The average Bonchev–Trinajstić information content (AvgIpc) is 3.37. The van der Waals surface area contributed by atoms with Crippen molar-refractivity contribution >= 4 is 16.9 Å². The van der Waals surface area contributed by atoms with Crippen molar-refractivity contribution in [2.45, 2.75) is 6.54 Å². The lowest BCUT2D eigenvalue weighted by Crippen LogP contribution is -2.28. The van der Waals surface area contributed by atoms with Gasteiger partial charge in [0.2, 0.25) is 5.76 Å². The number of ether oxygens (including phenoxy) is 2. The second-order valence-electron chi connectivity index (χ2n) is 6.05. The van der Waals surface area contributed by atoms with E-state index in [1.165, 1.54) is 0 Å². The Morgan fingerprint density at radius 1 is 1.04 bits per heavy atom. The van der Waals surface area contributed by atoms with Gasteiger partial charge in [0.25, 0.3) is 5.91 Å². The molecule has 0 fully saturated rings. The fraction of sp³-hybridized carbons (Fsp3) is 0.143. The molecule has 7 heteroatoms. The molecule has 2 heterocycles.